The van der Waals surface area contributed by atoms with E-state index in [-0.39, 0.29) is 17.9 Å². The van der Waals surface area contributed by atoms with E-state index < -0.39 is 0 Å². The maximum Gasteiger partial charge on any atom is 0.227 e. The van der Waals surface area contributed by atoms with Crippen molar-refractivity contribution in [3.8, 4) is 11.1 Å². The number of amides is 1. The number of fused-ring (bicyclic) bond motifs is 4. The van der Waals surface area contributed by atoms with E-state index in [1.54, 1.807) is 18.0 Å². The highest BCUT2D eigenvalue weighted by Crippen LogP contribution is 2.34. The van der Waals surface area contributed by atoms with Crippen molar-refractivity contribution < 1.29 is 4.79 Å². The number of nitrogens with two attached hydrogens (primary N) is 1. The van der Waals surface area contributed by atoms with E-state index in [4.69, 9.17) is 5.73 Å². The van der Waals surface area contributed by atoms with E-state index >= 15 is 0 Å². The van der Waals surface area contributed by atoms with Crippen LogP contribution in [0.4, 0.5) is 5.69 Å². The van der Waals surface area contributed by atoms with Crippen molar-refractivity contribution in [3.63, 3.8) is 0 Å². The summed E-state index contributed by atoms with van der Waals surface area (Å²) in [7, 11) is 0. The quantitative estimate of drug-likeness (QED) is 0.762. The Morgan fingerprint density at radius 3 is 2.88 bits per heavy atom. The first-order chi connectivity index (χ1) is 11.6. The summed E-state index contributed by atoms with van der Waals surface area (Å²) in [4.78, 5) is 18.1. The first kappa shape index (κ1) is 17.0. The standard InChI is InChI=1S/C19H23N3OS/c1-12-4-3-5-16(20)18-10-13(8-9-21-18)15-11-14(24-2)6-7-17(15)22-19(12)23/h6-12,16H,3-5,20H2,1-2H3,(H,22,23). The molecule has 1 aliphatic heterocycles. The van der Waals surface area contributed by atoms with Gasteiger partial charge in [-0.2, -0.15) is 0 Å². The summed E-state index contributed by atoms with van der Waals surface area (Å²) >= 11 is 1.68. The summed E-state index contributed by atoms with van der Waals surface area (Å²) in [5.74, 6) is 0.0348. The summed E-state index contributed by atoms with van der Waals surface area (Å²) < 4.78 is 0. The highest BCUT2D eigenvalue weighted by molar-refractivity contribution is 7.98. The lowest BCUT2D eigenvalue weighted by Crippen LogP contribution is -2.22. The molecular weight excluding hydrogens is 318 g/mol. The van der Waals surface area contributed by atoms with Gasteiger partial charge in [-0.3, -0.25) is 9.78 Å². The number of rotatable bonds is 1. The van der Waals surface area contributed by atoms with E-state index in [0.717, 1.165) is 46.7 Å². The molecule has 0 saturated carbocycles. The van der Waals surface area contributed by atoms with E-state index in [9.17, 15) is 4.79 Å². The first-order valence-electron chi connectivity index (χ1n) is 8.29. The zero-order chi connectivity index (χ0) is 17.1. The van der Waals surface area contributed by atoms with Gasteiger partial charge in [-0.1, -0.05) is 13.3 Å². The minimum absolute atomic E-state index is 0.0315. The van der Waals surface area contributed by atoms with Crippen LogP contribution in [0.15, 0.2) is 41.4 Å². The van der Waals surface area contributed by atoms with Crippen LogP contribution in [0.2, 0.25) is 0 Å². The Labute approximate surface area is 147 Å². The van der Waals surface area contributed by atoms with Crippen LogP contribution < -0.4 is 11.1 Å². The van der Waals surface area contributed by atoms with Crippen LogP contribution in [0.5, 0.6) is 0 Å². The van der Waals surface area contributed by atoms with Gasteiger partial charge >= 0.3 is 0 Å². The van der Waals surface area contributed by atoms with Gasteiger partial charge in [0, 0.05) is 34.3 Å². The summed E-state index contributed by atoms with van der Waals surface area (Å²) in [5.41, 5.74) is 10.1. The van der Waals surface area contributed by atoms with Gasteiger partial charge in [0.15, 0.2) is 0 Å². The molecule has 126 valence electrons. The third kappa shape index (κ3) is 3.62. The minimum atomic E-state index is -0.0909. The van der Waals surface area contributed by atoms with Crippen LogP contribution in [-0.2, 0) is 4.79 Å². The fraction of sp³-hybridized carbons (Fsp3) is 0.368. The lowest BCUT2D eigenvalue weighted by Gasteiger charge is -2.19. The molecule has 2 atom stereocenters. The predicted octanol–water partition coefficient (Wildman–Crippen LogP) is 4.23. The van der Waals surface area contributed by atoms with Crippen molar-refractivity contribution in [2.75, 3.05) is 11.6 Å². The maximum atomic E-state index is 12.5. The van der Waals surface area contributed by atoms with Crippen LogP contribution in [0.1, 0.15) is 37.9 Å². The van der Waals surface area contributed by atoms with Crippen molar-refractivity contribution in [1.29, 1.82) is 0 Å². The van der Waals surface area contributed by atoms with Gasteiger partial charge in [0.05, 0.1) is 5.69 Å². The van der Waals surface area contributed by atoms with Crippen molar-refractivity contribution >= 4 is 23.4 Å². The highest BCUT2D eigenvalue weighted by Gasteiger charge is 2.18. The predicted molar refractivity (Wildman–Crippen MR) is 100 cm³/mol. The zero-order valence-electron chi connectivity index (χ0n) is 14.1. The van der Waals surface area contributed by atoms with Crippen LogP contribution >= 0.6 is 11.8 Å². The first-order valence-corrected chi connectivity index (χ1v) is 9.51. The van der Waals surface area contributed by atoms with Gasteiger partial charge in [0.2, 0.25) is 5.91 Å². The number of carbonyl (C=O) groups is 1. The number of pyridine rings is 1. The van der Waals surface area contributed by atoms with Crippen molar-refractivity contribution in [2.24, 2.45) is 11.7 Å². The number of thioether (sulfide) groups is 1. The van der Waals surface area contributed by atoms with Crippen LogP contribution in [0.3, 0.4) is 0 Å². The molecule has 2 heterocycles. The van der Waals surface area contributed by atoms with E-state index in [0.29, 0.717) is 0 Å². The number of benzene rings is 1. The summed E-state index contributed by atoms with van der Waals surface area (Å²) in [6.45, 7) is 1.97. The Morgan fingerprint density at radius 1 is 1.25 bits per heavy atom. The molecule has 0 radical (unpaired) electrons. The molecule has 0 saturated heterocycles. The van der Waals surface area contributed by atoms with Gasteiger partial charge in [-0.05, 0) is 55.0 Å². The minimum Gasteiger partial charge on any atom is -0.325 e. The summed E-state index contributed by atoms with van der Waals surface area (Å²) in [5, 5.41) is 3.10. The molecule has 0 aliphatic carbocycles. The number of anilines is 1. The topological polar surface area (TPSA) is 68.0 Å². The van der Waals surface area contributed by atoms with Gasteiger partial charge in [0.1, 0.15) is 0 Å². The maximum absolute atomic E-state index is 12.5. The fourth-order valence-corrected chi connectivity index (χ4v) is 3.44. The van der Waals surface area contributed by atoms with Crippen LogP contribution in [0.25, 0.3) is 11.1 Å². The van der Waals surface area contributed by atoms with Crippen LogP contribution in [0, 0.1) is 5.92 Å². The Hall–Kier alpha value is -1.85. The highest BCUT2D eigenvalue weighted by atomic mass is 32.2. The molecule has 3 rings (SSSR count). The van der Waals surface area contributed by atoms with Gasteiger partial charge < -0.3 is 11.1 Å². The van der Waals surface area contributed by atoms with E-state index in [1.165, 1.54) is 0 Å². The molecule has 24 heavy (non-hydrogen) atoms. The molecule has 3 N–H and O–H groups in total. The lowest BCUT2D eigenvalue weighted by atomic mass is 9.96. The smallest absolute Gasteiger partial charge is 0.227 e. The second-order valence-electron chi connectivity index (χ2n) is 6.31. The largest absolute Gasteiger partial charge is 0.325 e. The third-order valence-electron chi connectivity index (χ3n) is 4.56. The van der Waals surface area contributed by atoms with E-state index in [2.05, 4.69) is 16.4 Å². The summed E-state index contributed by atoms with van der Waals surface area (Å²) in [6, 6.07) is 10.1. The Bertz CT molecular complexity index is 747. The van der Waals surface area contributed by atoms with Gasteiger partial charge in [0.25, 0.3) is 0 Å². The second kappa shape index (κ2) is 7.36. The Kier molecular flexibility index (Phi) is 5.21. The molecule has 5 heteroatoms. The lowest BCUT2D eigenvalue weighted by molar-refractivity contribution is -0.119. The molecule has 4 nitrogen and oxygen atoms in total. The average molecular weight is 341 g/mol. The molecule has 1 aliphatic rings. The number of hydrogen-bond acceptors (Lipinski definition) is 4. The molecule has 0 spiro atoms. The second-order valence-corrected chi connectivity index (χ2v) is 7.19. The van der Waals surface area contributed by atoms with Gasteiger partial charge in [-0.25, -0.2) is 0 Å². The molecule has 2 bridgehead atoms. The monoisotopic (exact) mass is 341 g/mol. The molecule has 1 amide bonds. The van der Waals surface area contributed by atoms with Crippen molar-refractivity contribution in [1.82, 2.24) is 4.98 Å². The number of nitrogens with zero attached hydrogens (tertiary/aromatic N) is 1. The Balaban J connectivity index is 2.13. The normalized spacial score (nSPS) is 21.2. The molecule has 2 unspecified atom stereocenters. The number of carbonyl (C=O) groups excluding carboxylic acids is 1. The van der Waals surface area contributed by atoms with Crippen molar-refractivity contribution in [2.45, 2.75) is 37.1 Å². The third-order valence-corrected chi connectivity index (χ3v) is 5.28. The molecular formula is C19H23N3OS. The SMILES string of the molecule is CSc1ccc2c(c1)-c1ccnc(c1)C(N)CCCC(C)C(=O)N2. The zero-order valence-corrected chi connectivity index (χ0v) is 14.9. The van der Waals surface area contributed by atoms with Crippen molar-refractivity contribution in [3.05, 3.63) is 42.2 Å². The molecule has 1 aromatic heterocycles. The number of aromatic nitrogens is 1. The van der Waals surface area contributed by atoms with Gasteiger partial charge in [-0.15, -0.1) is 11.8 Å². The average Bonchev–Trinajstić information content (AvgIpc) is 2.61. The molecule has 1 aromatic carbocycles. The Morgan fingerprint density at radius 2 is 2.08 bits per heavy atom. The van der Waals surface area contributed by atoms with Crippen LogP contribution in [-0.4, -0.2) is 17.1 Å². The molecule has 2 aromatic rings. The molecule has 0 fully saturated rings. The van der Waals surface area contributed by atoms with E-state index in [1.807, 2.05) is 37.4 Å². The number of nitrogens with one attached hydrogen (secondary N) is 1. The summed E-state index contributed by atoms with van der Waals surface area (Å²) in [6.07, 6.45) is 6.44. The fourth-order valence-electron chi connectivity index (χ4n) is 3.00. The number of hydrogen-bond donors (Lipinski definition) is 2.